The van der Waals surface area contributed by atoms with Crippen molar-refractivity contribution in [2.45, 2.75) is 6.92 Å². The molecule has 0 bridgehead atoms. The summed E-state index contributed by atoms with van der Waals surface area (Å²) in [5, 5.41) is 2.67. The number of rotatable bonds is 2. The zero-order valence-electron chi connectivity index (χ0n) is 10.2. The van der Waals surface area contributed by atoms with Crippen LogP contribution in [-0.2, 0) is 0 Å². The molecule has 0 saturated heterocycles. The van der Waals surface area contributed by atoms with Gasteiger partial charge in [-0.1, -0.05) is 6.07 Å². The number of hydrogen-bond acceptors (Lipinski definition) is 2. The van der Waals surface area contributed by atoms with Crippen molar-refractivity contribution >= 4 is 33.2 Å². The van der Waals surface area contributed by atoms with Gasteiger partial charge >= 0.3 is 0 Å². The number of carbonyl (C=O) groups excluding carboxylic acids is 1. The molecular weight excluding hydrogens is 311 g/mol. The molecule has 0 aromatic heterocycles. The summed E-state index contributed by atoms with van der Waals surface area (Å²) >= 11 is 3.04. The summed E-state index contributed by atoms with van der Waals surface area (Å²) in [6.07, 6.45) is 0. The molecule has 0 aliphatic heterocycles. The molecule has 19 heavy (non-hydrogen) atoms. The molecule has 0 unspecified atom stereocenters. The van der Waals surface area contributed by atoms with Crippen molar-refractivity contribution < 1.29 is 9.18 Å². The highest BCUT2D eigenvalue weighted by molar-refractivity contribution is 9.10. The van der Waals surface area contributed by atoms with E-state index in [-0.39, 0.29) is 11.5 Å². The average molecular weight is 323 g/mol. The van der Waals surface area contributed by atoms with Crippen LogP contribution in [0.25, 0.3) is 0 Å². The molecule has 2 aromatic carbocycles. The maximum Gasteiger partial charge on any atom is 0.255 e. The summed E-state index contributed by atoms with van der Waals surface area (Å²) in [7, 11) is 0. The Balaban J connectivity index is 2.20. The van der Waals surface area contributed by atoms with Crippen LogP contribution in [0.2, 0.25) is 0 Å². The van der Waals surface area contributed by atoms with E-state index in [1.165, 1.54) is 12.1 Å². The van der Waals surface area contributed by atoms with E-state index >= 15 is 0 Å². The molecule has 0 fully saturated rings. The highest BCUT2D eigenvalue weighted by Gasteiger charge is 2.09. The summed E-state index contributed by atoms with van der Waals surface area (Å²) in [4.78, 5) is 11.9. The van der Waals surface area contributed by atoms with Crippen molar-refractivity contribution in [2.24, 2.45) is 0 Å². The Morgan fingerprint density at radius 3 is 2.63 bits per heavy atom. The lowest BCUT2D eigenvalue weighted by Gasteiger charge is -2.08. The Morgan fingerprint density at radius 2 is 2.00 bits per heavy atom. The quantitative estimate of drug-likeness (QED) is 0.828. The first-order chi connectivity index (χ1) is 8.97. The molecular formula is C14H12BrFN2O. The van der Waals surface area contributed by atoms with Crippen molar-refractivity contribution in [2.75, 3.05) is 11.1 Å². The molecule has 0 spiro atoms. The Kier molecular flexibility index (Phi) is 3.85. The third-order valence-corrected chi connectivity index (χ3v) is 3.36. The predicted molar refractivity (Wildman–Crippen MR) is 77.6 cm³/mol. The van der Waals surface area contributed by atoms with Crippen LogP contribution >= 0.6 is 15.9 Å². The van der Waals surface area contributed by atoms with Crippen molar-refractivity contribution in [1.82, 2.24) is 0 Å². The number of aryl methyl sites for hydroxylation is 1. The van der Waals surface area contributed by atoms with E-state index < -0.39 is 5.82 Å². The van der Waals surface area contributed by atoms with Crippen LogP contribution in [0.3, 0.4) is 0 Å². The molecule has 3 N–H and O–H groups in total. The fourth-order valence-corrected chi connectivity index (χ4v) is 1.81. The Hall–Kier alpha value is -1.88. The number of carbonyl (C=O) groups is 1. The fourth-order valence-electron chi connectivity index (χ4n) is 1.56. The third kappa shape index (κ3) is 3.12. The van der Waals surface area contributed by atoms with E-state index in [1.54, 1.807) is 18.2 Å². The lowest BCUT2D eigenvalue weighted by Crippen LogP contribution is -2.12. The maximum absolute atomic E-state index is 13.3. The van der Waals surface area contributed by atoms with E-state index in [1.807, 2.05) is 13.0 Å². The molecule has 0 atom stereocenters. The summed E-state index contributed by atoms with van der Waals surface area (Å²) in [6.45, 7) is 1.88. The van der Waals surface area contributed by atoms with Gasteiger partial charge in [0, 0.05) is 16.9 Å². The van der Waals surface area contributed by atoms with Gasteiger partial charge in [0.05, 0.1) is 4.47 Å². The van der Waals surface area contributed by atoms with Crippen molar-refractivity contribution in [3.63, 3.8) is 0 Å². The van der Waals surface area contributed by atoms with Crippen LogP contribution in [0.15, 0.2) is 40.9 Å². The summed E-state index contributed by atoms with van der Waals surface area (Å²) in [5.74, 6) is -0.856. The number of hydrogen-bond donors (Lipinski definition) is 2. The van der Waals surface area contributed by atoms with Gasteiger partial charge in [0.15, 0.2) is 0 Å². The minimum atomic E-state index is -0.476. The van der Waals surface area contributed by atoms with E-state index in [9.17, 15) is 9.18 Å². The third-order valence-electron chi connectivity index (χ3n) is 2.72. The Morgan fingerprint density at radius 1 is 1.26 bits per heavy atom. The molecule has 2 aromatic rings. The van der Waals surface area contributed by atoms with E-state index in [0.717, 1.165) is 5.56 Å². The van der Waals surface area contributed by atoms with Gasteiger partial charge in [0.1, 0.15) is 5.82 Å². The molecule has 5 heteroatoms. The number of anilines is 2. The molecule has 0 aliphatic carbocycles. The predicted octanol–water partition coefficient (Wildman–Crippen LogP) is 3.73. The zero-order valence-corrected chi connectivity index (χ0v) is 11.8. The summed E-state index contributed by atoms with van der Waals surface area (Å²) < 4.78 is 13.7. The summed E-state index contributed by atoms with van der Waals surface area (Å²) in [5.41, 5.74) is 8.13. The molecule has 0 aliphatic rings. The van der Waals surface area contributed by atoms with Crippen LogP contribution in [0.5, 0.6) is 0 Å². The van der Waals surface area contributed by atoms with E-state index in [4.69, 9.17) is 5.73 Å². The minimum Gasteiger partial charge on any atom is -0.398 e. The zero-order chi connectivity index (χ0) is 14.0. The highest BCUT2D eigenvalue weighted by Crippen LogP contribution is 2.19. The highest BCUT2D eigenvalue weighted by atomic mass is 79.9. The minimum absolute atomic E-state index is 0.250. The molecule has 0 saturated carbocycles. The second kappa shape index (κ2) is 5.40. The number of halogens is 2. The molecule has 98 valence electrons. The maximum atomic E-state index is 13.3. The number of nitrogen functional groups attached to an aromatic ring is 1. The smallest absolute Gasteiger partial charge is 0.255 e. The molecule has 2 rings (SSSR count). The van der Waals surface area contributed by atoms with Crippen LogP contribution < -0.4 is 11.1 Å². The fraction of sp³-hybridized carbons (Fsp3) is 0.0714. The second-order valence-corrected chi connectivity index (χ2v) is 5.01. The van der Waals surface area contributed by atoms with Crippen LogP contribution in [0.4, 0.5) is 15.8 Å². The van der Waals surface area contributed by atoms with Crippen molar-refractivity contribution in [3.8, 4) is 0 Å². The molecule has 0 radical (unpaired) electrons. The van der Waals surface area contributed by atoms with Crippen LogP contribution in [0, 0.1) is 12.7 Å². The number of benzene rings is 2. The van der Waals surface area contributed by atoms with Gasteiger partial charge < -0.3 is 11.1 Å². The second-order valence-electron chi connectivity index (χ2n) is 4.15. The number of amides is 1. The van der Waals surface area contributed by atoms with Gasteiger partial charge in [0.2, 0.25) is 0 Å². The largest absolute Gasteiger partial charge is 0.398 e. The average Bonchev–Trinajstić information content (AvgIpc) is 2.37. The van der Waals surface area contributed by atoms with Gasteiger partial charge in [-0.3, -0.25) is 4.79 Å². The molecule has 1 amide bonds. The first-order valence-electron chi connectivity index (χ1n) is 5.60. The molecule has 3 nitrogen and oxygen atoms in total. The van der Waals surface area contributed by atoms with E-state index in [2.05, 4.69) is 21.2 Å². The Labute approximate surface area is 118 Å². The first kappa shape index (κ1) is 13.5. The standard InChI is InChI=1S/C14H12BrFN2O/c1-8-2-4-10(7-13(8)17)18-14(19)9-3-5-11(15)12(16)6-9/h2-7H,17H2,1H3,(H,18,19). The topological polar surface area (TPSA) is 55.1 Å². The van der Waals surface area contributed by atoms with Gasteiger partial charge in [-0.25, -0.2) is 4.39 Å². The number of nitrogens with one attached hydrogen (secondary N) is 1. The normalized spacial score (nSPS) is 10.3. The van der Waals surface area contributed by atoms with E-state index in [0.29, 0.717) is 15.8 Å². The monoisotopic (exact) mass is 322 g/mol. The SMILES string of the molecule is Cc1ccc(NC(=O)c2ccc(Br)c(F)c2)cc1N. The van der Waals surface area contributed by atoms with Gasteiger partial charge in [-0.05, 0) is 58.7 Å². The van der Waals surface area contributed by atoms with Crippen molar-refractivity contribution in [1.29, 1.82) is 0 Å². The van der Waals surface area contributed by atoms with Crippen LogP contribution in [-0.4, -0.2) is 5.91 Å². The summed E-state index contributed by atoms with van der Waals surface area (Å²) in [6, 6.07) is 9.44. The lowest BCUT2D eigenvalue weighted by molar-refractivity contribution is 0.102. The van der Waals surface area contributed by atoms with Gasteiger partial charge in [-0.15, -0.1) is 0 Å². The Bertz CT molecular complexity index is 643. The van der Waals surface area contributed by atoms with Crippen molar-refractivity contribution in [3.05, 3.63) is 57.8 Å². The lowest BCUT2D eigenvalue weighted by atomic mass is 10.1. The number of nitrogens with two attached hydrogens (primary N) is 1. The van der Waals surface area contributed by atoms with Gasteiger partial charge in [0.25, 0.3) is 5.91 Å². The first-order valence-corrected chi connectivity index (χ1v) is 6.39. The van der Waals surface area contributed by atoms with Gasteiger partial charge in [-0.2, -0.15) is 0 Å². The van der Waals surface area contributed by atoms with Crippen LogP contribution in [0.1, 0.15) is 15.9 Å². The molecule has 0 heterocycles.